The van der Waals surface area contributed by atoms with Crippen LogP contribution in [0.4, 0.5) is 5.69 Å². The van der Waals surface area contributed by atoms with Gasteiger partial charge in [0.05, 0.1) is 16.6 Å². The van der Waals surface area contributed by atoms with Crippen LogP contribution >= 0.6 is 11.6 Å². The normalized spacial score (nSPS) is 11.5. The molecule has 0 amide bonds. The van der Waals surface area contributed by atoms with Crippen molar-refractivity contribution < 1.29 is 4.92 Å². The van der Waals surface area contributed by atoms with Crippen LogP contribution in [-0.4, -0.2) is 9.49 Å². The molecule has 0 aliphatic carbocycles. The Labute approximate surface area is 184 Å². The van der Waals surface area contributed by atoms with Gasteiger partial charge in [-0.25, -0.2) is 0 Å². The maximum atomic E-state index is 10.9. The number of allylic oxidation sites excluding steroid dienone is 1. The first kappa shape index (κ1) is 20.4. The molecule has 4 aromatic rings. The summed E-state index contributed by atoms with van der Waals surface area (Å²) in [5, 5.41) is 22.4. The predicted octanol–water partition coefficient (Wildman–Crippen LogP) is 6.62. The number of non-ortho nitro benzene ring substituents is 1. The van der Waals surface area contributed by atoms with Gasteiger partial charge in [-0.2, -0.15) is 5.26 Å². The summed E-state index contributed by atoms with van der Waals surface area (Å²) in [6, 6.07) is 24.1. The number of hydrogen-bond acceptors (Lipinski definition) is 3. The number of hydrogen-bond donors (Lipinski definition) is 0. The zero-order valence-corrected chi connectivity index (χ0v) is 17.5. The summed E-state index contributed by atoms with van der Waals surface area (Å²) in [5.74, 6) is 0. The lowest BCUT2D eigenvalue weighted by atomic mass is 10.0. The second-order valence-electron chi connectivity index (χ2n) is 7.20. The summed E-state index contributed by atoms with van der Waals surface area (Å²) in [7, 11) is 0. The molecule has 0 N–H and O–H groups in total. The molecule has 0 aliphatic heterocycles. The Morgan fingerprint density at radius 1 is 1.10 bits per heavy atom. The third-order valence-corrected chi connectivity index (χ3v) is 5.58. The Morgan fingerprint density at radius 3 is 2.42 bits per heavy atom. The van der Waals surface area contributed by atoms with Gasteiger partial charge in [0.1, 0.15) is 0 Å². The van der Waals surface area contributed by atoms with Gasteiger partial charge >= 0.3 is 0 Å². The average Bonchev–Trinajstić information content (AvgIpc) is 3.04. The second-order valence-corrected chi connectivity index (χ2v) is 7.64. The molecule has 31 heavy (non-hydrogen) atoms. The van der Waals surface area contributed by atoms with E-state index < -0.39 is 4.92 Å². The molecule has 0 saturated heterocycles. The number of nitriles is 1. The molecule has 0 unspecified atom stereocenters. The highest BCUT2D eigenvalue weighted by Gasteiger charge is 2.14. The minimum absolute atomic E-state index is 0.00297. The maximum Gasteiger partial charge on any atom is 0.269 e. The van der Waals surface area contributed by atoms with Crippen LogP contribution in [0, 0.1) is 28.4 Å². The van der Waals surface area contributed by atoms with Gasteiger partial charge in [-0.05, 0) is 54.5 Å². The summed E-state index contributed by atoms with van der Waals surface area (Å²) >= 11 is 6.02. The molecular weight excluding hydrogens is 410 g/mol. The largest absolute Gasteiger partial charge is 0.340 e. The molecule has 6 heteroatoms. The monoisotopic (exact) mass is 427 g/mol. The van der Waals surface area contributed by atoms with E-state index in [0.29, 0.717) is 22.7 Å². The van der Waals surface area contributed by atoms with Crippen LogP contribution in [0.3, 0.4) is 0 Å². The average molecular weight is 428 g/mol. The zero-order chi connectivity index (χ0) is 22.0. The summed E-state index contributed by atoms with van der Waals surface area (Å²) in [5.41, 5.74) is 5.28. The number of rotatable bonds is 5. The Morgan fingerprint density at radius 2 is 1.77 bits per heavy atom. The Balaban J connectivity index is 1.81. The summed E-state index contributed by atoms with van der Waals surface area (Å²) in [6.07, 6.45) is 1.86. The van der Waals surface area contributed by atoms with Gasteiger partial charge in [0.15, 0.2) is 0 Å². The van der Waals surface area contributed by atoms with Gasteiger partial charge < -0.3 is 4.57 Å². The standard InChI is InChI=1S/C25H18ClN3O2/c1-17-24(14-20(15-27)19-8-12-22(13-9-19)29(30)31)23-4-2-3-5-25(23)28(17)16-18-6-10-21(26)11-7-18/h2-14H,16H2,1H3/b20-14-. The number of halogens is 1. The van der Waals surface area contributed by atoms with E-state index in [1.807, 2.05) is 55.5 Å². The third kappa shape index (κ3) is 4.07. The van der Waals surface area contributed by atoms with Crippen molar-refractivity contribution in [2.24, 2.45) is 0 Å². The van der Waals surface area contributed by atoms with E-state index in [-0.39, 0.29) is 5.69 Å². The number of fused-ring (bicyclic) bond motifs is 1. The van der Waals surface area contributed by atoms with Crippen molar-refractivity contribution in [3.8, 4) is 6.07 Å². The zero-order valence-electron chi connectivity index (χ0n) is 16.7. The molecule has 0 bridgehead atoms. The first-order chi connectivity index (χ1) is 15.0. The van der Waals surface area contributed by atoms with Crippen LogP contribution in [-0.2, 0) is 6.54 Å². The summed E-state index contributed by atoms with van der Waals surface area (Å²) in [6.45, 7) is 2.71. The van der Waals surface area contributed by atoms with E-state index >= 15 is 0 Å². The fraction of sp³-hybridized carbons (Fsp3) is 0.0800. The van der Waals surface area contributed by atoms with Crippen molar-refractivity contribution in [3.63, 3.8) is 0 Å². The van der Waals surface area contributed by atoms with Crippen LogP contribution in [0.1, 0.15) is 22.4 Å². The number of nitro groups is 1. The van der Waals surface area contributed by atoms with Gasteiger partial charge in [0.2, 0.25) is 0 Å². The molecule has 0 aliphatic rings. The first-order valence-corrected chi connectivity index (χ1v) is 10.0. The molecule has 4 rings (SSSR count). The van der Waals surface area contributed by atoms with Gasteiger partial charge in [0.25, 0.3) is 5.69 Å². The molecule has 0 atom stereocenters. The predicted molar refractivity (Wildman–Crippen MR) is 124 cm³/mol. The lowest BCUT2D eigenvalue weighted by molar-refractivity contribution is -0.384. The molecular formula is C25H18ClN3O2. The number of nitrogens with zero attached hydrogens (tertiary/aromatic N) is 3. The van der Waals surface area contributed by atoms with Crippen molar-refractivity contribution in [3.05, 3.63) is 110 Å². The van der Waals surface area contributed by atoms with E-state index in [1.165, 1.54) is 12.1 Å². The van der Waals surface area contributed by atoms with Crippen molar-refractivity contribution >= 4 is 39.8 Å². The highest BCUT2D eigenvalue weighted by molar-refractivity contribution is 6.30. The maximum absolute atomic E-state index is 10.9. The lowest BCUT2D eigenvalue weighted by Gasteiger charge is -2.09. The summed E-state index contributed by atoms with van der Waals surface area (Å²) < 4.78 is 2.22. The molecule has 1 aromatic heterocycles. The SMILES string of the molecule is Cc1c(/C=C(/C#N)c2ccc([N+](=O)[O-])cc2)c2ccccc2n1Cc1ccc(Cl)cc1. The molecule has 0 fully saturated rings. The van der Waals surface area contributed by atoms with Crippen molar-refractivity contribution in [2.45, 2.75) is 13.5 Å². The van der Waals surface area contributed by atoms with E-state index in [9.17, 15) is 15.4 Å². The molecule has 1 heterocycles. The van der Waals surface area contributed by atoms with E-state index in [0.717, 1.165) is 27.7 Å². The third-order valence-electron chi connectivity index (χ3n) is 5.33. The quantitative estimate of drug-likeness (QED) is 0.204. The smallest absolute Gasteiger partial charge is 0.269 e. The molecule has 0 radical (unpaired) electrons. The van der Waals surface area contributed by atoms with Crippen LogP contribution in [0.25, 0.3) is 22.6 Å². The van der Waals surface area contributed by atoms with Crippen molar-refractivity contribution in [1.82, 2.24) is 4.57 Å². The molecule has 152 valence electrons. The van der Waals surface area contributed by atoms with Crippen molar-refractivity contribution in [1.29, 1.82) is 5.26 Å². The lowest BCUT2D eigenvalue weighted by Crippen LogP contribution is -2.01. The van der Waals surface area contributed by atoms with Gasteiger partial charge in [0, 0.05) is 45.9 Å². The summed E-state index contributed by atoms with van der Waals surface area (Å²) in [4.78, 5) is 10.5. The Bertz CT molecular complexity index is 1340. The van der Waals surface area contributed by atoms with Gasteiger partial charge in [-0.15, -0.1) is 0 Å². The van der Waals surface area contributed by atoms with Crippen LogP contribution in [0.2, 0.25) is 5.02 Å². The highest BCUT2D eigenvalue weighted by atomic mass is 35.5. The fourth-order valence-corrected chi connectivity index (χ4v) is 3.83. The molecule has 0 saturated carbocycles. The number of aromatic nitrogens is 1. The van der Waals surface area contributed by atoms with Crippen LogP contribution < -0.4 is 0 Å². The molecule has 0 spiro atoms. The van der Waals surface area contributed by atoms with Gasteiger partial charge in [-0.3, -0.25) is 10.1 Å². The fourth-order valence-electron chi connectivity index (χ4n) is 3.70. The first-order valence-electron chi connectivity index (χ1n) is 9.67. The Kier molecular flexibility index (Phi) is 5.57. The number of nitro benzene ring substituents is 1. The second kappa shape index (κ2) is 8.47. The van der Waals surface area contributed by atoms with E-state index in [1.54, 1.807) is 12.1 Å². The van der Waals surface area contributed by atoms with E-state index in [2.05, 4.69) is 16.7 Å². The minimum atomic E-state index is -0.450. The van der Waals surface area contributed by atoms with Crippen LogP contribution in [0.5, 0.6) is 0 Å². The van der Waals surface area contributed by atoms with E-state index in [4.69, 9.17) is 11.6 Å². The van der Waals surface area contributed by atoms with Crippen LogP contribution in [0.15, 0.2) is 72.8 Å². The minimum Gasteiger partial charge on any atom is -0.340 e. The topological polar surface area (TPSA) is 71.9 Å². The Hall–Kier alpha value is -3.88. The number of benzene rings is 3. The number of para-hydroxylation sites is 1. The molecule has 3 aromatic carbocycles. The highest BCUT2D eigenvalue weighted by Crippen LogP contribution is 2.31. The van der Waals surface area contributed by atoms with Gasteiger partial charge in [-0.1, -0.05) is 41.9 Å². The van der Waals surface area contributed by atoms with Crippen molar-refractivity contribution in [2.75, 3.05) is 0 Å². The molecule has 5 nitrogen and oxygen atoms in total.